The highest BCUT2D eigenvalue weighted by Gasteiger charge is 2.25. The highest BCUT2D eigenvalue weighted by Crippen LogP contribution is 2.43. The molecule has 0 heterocycles. The molecule has 0 fully saturated rings. The van der Waals surface area contributed by atoms with Gasteiger partial charge in [0.1, 0.15) is 6.61 Å². The second kappa shape index (κ2) is 40.1. The van der Waals surface area contributed by atoms with Crippen molar-refractivity contribution < 1.29 is 37.6 Å². The summed E-state index contributed by atoms with van der Waals surface area (Å²) in [4.78, 5) is 34.7. The summed E-state index contributed by atoms with van der Waals surface area (Å²) in [6.45, 7) is 3.32. The molecule has 2 atom stereocenters. The Kier molecular flexibility index (Phi) is 37.5. The van der Waals surface area contributed by atoms with Crippen LogP contribution in [-0.4, -0.2) is 49.3 Å². The molecule has 0 aromatic rings. The average Bonchev–Trinajstić information content (AvgIpc) is 3.17. The smallest absolute Gasteiger partial charge is 0.462 e. The van der Waals surface area contributed by atoms with Crippen molar-refractivity contribution in [2.45, 2.75) is 123 Å². The largest absolute Gasteiger partial charge is 0.472 e. The van der Waals surface area contributed by atoms with Crippen LogP contribution in [0.1, 0.15) is 117 Å². The summed E-state index contributed by atoms with van der Waals surface area (Å²) in [5.41, 5.74) is 5.33. The van der Waals surface area contributed by atoms with Crippen LogP contribution in [-0.2, 0) is 32.7 Å². The Hall–Kier alpha value is -3.59. The zero-order chi connectivity index (χ0) is 40.3. The van der Waals surface area contributed by atoms with Crippen LogP contribution >= 0.6 is 7.82 Å². The molecule has 0 radical (unpaired) electrons. The molecule has 0 saturated carbocycles. The van der Waals surface area contributed by atoms with E-state index in [-0.39, 0.29) is 32.6 Å². The number of phosphoric acid groups is 1. The second-order valence-electron chi connectivity index (χ2n) is 12.4. The van der Waals surface area contributed by atoms with Gasteiger partial charge in [-0.15, -0.1) is 0 Å². The Morgan fingerprint density at radius 3 is 1.40 bits per heavy atom. The van der Waals surface area contributed by atoms with Crippen LogP contribution in [0, 0.1) is 0 Å². The van der Waals surface area contributed by atoms with Gasteiger partial charge in [0.15, 0.2) is 6.10 Å². The fourth-order valence-corrected chi connectivity index (χ4v) is 5.24. The molecule has 0 saturated heterocycles. The number of esters is 2. The maximum atomic E-state index is 12.5. The minimum atomic E-state index is -4.41. The van der Waals surface area contributed by atoms with Crippen LogP contribution in [0.25, 0.3) is 0 Å². The van der Waals surface area contributed by atoms with Crippen molar-refractivity contribution in [1.82, 2.24) is 0 Å². The molecule has 10 heteroatoms. The van der Waals surface area contributed by atoms with E-state index in [9.17, 15) is 19.0 Å². The standard InChI is InChI=1S/C45H70NO8P/c1-3-5-7-9-11-13-15-17-19-20-21-22-24-26-28-30-32-34-36-38-45(48)54-43(42-53-55(49,50)52-40-39-46)41-51-44(47)37-35-33-31-29-27-25-23-18-16-14-12-10-8-6-4-2/h5-8,11-14,17-19,21-23,26-29,32,34,43H,3-4,9-10,15-16,20,24-25,30-31,33,35-42,46H2,1-2H3,(H,49,50). The van der Waals surface area contributed by atoms with E-state index in [2.05, 4.69) is 123 Å². The van der Waals surface area contributed by atoms with E-state index in [1.54, 1.807) is 0 Å². The van der Waals surface area contributed by atoms with Gasteiger partial charge in [-0.1, -0.05) is 135 Å². The van der Waals surface area contributed by atoms with Gasteiger partial charge in [0.25, 0.3) is 0 Å². The Labute approximate surface area is 332 Å². The number of carbonyl (C=O) groups is 2. The van der Waals surface area contributed by atoms with Gasteiger partial charge in [0.2, 0.25) is 0 Å². The maximum Gasteiger partial charge on any atom is 0.472 e. The van der Waals surface area contributed by atoms with Gasteiger partial charge < -0.3 is 20.1 Å². The fourth-order valence-electron chi connectivity index (χ4n) is 4.47. The van der Waals surface area contributed by atoms with E-state index in [1.807, 2.05) is 12.2 Å². The Bertz CT molecular complexity index is 1310. The van der Waals surface area contributed by atoms with E-state index >= 15 is 0 Å². The molecule has 3 N–H and O–H groups in total. The van der Waals surface area contributed by atoms with Crippen molar-refractivity contribution in [2.75, 3.05) is 26.4 Å². The highest BCUT2D eigenvalue weighted by molar-refractivity contribution is 7.47. The van der Waals surface area contributed by atoms with Gasteiger partial charge in [0, 0.05) is 19.4 Å². The number of ether oxygens (including phenoxy) is 2. The first-order valence-electron chi connectivity index (χ1n) is 20.0. The van der Waals surface area contributed by atoms with Crippen LogP contribution in [0.5, 0.6) is 0 Å². The number of unbranched alkanes of at least 4 members (excludes halogenated alkanes) is 2. The molecule has 2 unspecified atom stereocenters. The summed E-state index contributed by atoms with van der Waals surface area (Å²) in [6.07, 6.45) is 53.9. The molecule has 0 rings (SSSR count). The zero-order valence-corrected chi connectivity index (χ0v) is 34.5. The van der Waals surface area contributed by atoms with Gasteiger partial charge in [0.05, 0.1) is 13.2 Å². The molecule has 55 heavy (non-hydrogen) atoms. The molecule has 0 aromatic carbocycles. The van der Waals surface area contributed by atoms with E-state index in [0.717, 1.165) is 77.0 Å². The normalized spacial score (nSPS) is 14.6. The fraction of sp³-hybridized carbons (Fsp3) is 0.511. The molecular weight excluding hydrogens is 713 g/mol. The lowest BCUT2D eigenvalue weighted by atomic mass is 10.2. The highest BCUT2D eigenvalue weighted by atomic mass is 31.2. The maximum absolute atomic E-state index is 12.5. The quantitative estimate of drug-likeness (QED) is 0.0279. The number of rotatable bonds is 35. The third-order valence-corrected chi connectivity index (χ3v) is 8.34. The van der Waals surface area contributed by atoms with Crippen molar-refractivity contribution in [3.63, 3.8) is 0 Å². The summed E-state index contributed by atoms with van der Waals surface area (Å²) >= 11 is 0. The van der Waals surface area contributed by atoms with Gasteiger partial charge in [-0.25, -0.2) is 4.57 Å². The Morgan fingerprint density at radius 2 is 0.964 bits per heavy atom. The molecule has 0 bridgehead atoms. The van der Waals surface area contributed by atoms with Crippen molar-refractivity contribution in [1.29, 1.82) is 0 Å². The number of phosphoric ester groups is 1. The Balaban J connectivity index is 4.43. The van der Waals surface area contributed by atoms with Crippen molar-refractivity contribution >= 4 is 19.8 Å². The lowest BCUT2D eigenvalue weighted by molar-refractivity contribution is -0.161. The number of carbonyl (C=O) groups excluding carboxylic acids is 2. The third-order valence-electron chi connectivity index (χ3n) is 7.36. The van der Waals surface area contributed by atoms with Crippen LogP contribution in [0.15, 0.2) is 122 Å². The molecular formula is C45H70NO8P. The number of hydrogen-bond acceptors (Lipinski definition) is 8. The summed E-state index contributed by atoms with van der Waals surface area (Å²) in [5, 5.41) is 0. The average molecular weight is 784 g/mol. The monoisotopic (exact) mass is 783 g/mol. The van der Waals surface area contributed by atoms with E-state index in [4.69, 9.17) is 24.3 Å². The molecule has 0 aliphatic heterocycles. The molecule has 308 valence electrons. The summed E-state index contributed by atoms with van der Waals surface area (Å²) in [5.74, 6) is -0.992. The van der Waals surface area contributed by atoms with E-state index < -0.39 is 32.5 Å². The lowest BCUT2D eigenvalue weighted by Crippen LogP contribution is -2.29. The number of allylic oxidation sites excluding steroid dienone is 20. The summed E-state index contributed by atoms with van der Waals surface area (Å²) in [7, 11) is -4.41. The van der Waals surface area contributed by atoms with Crippen LogP contribution < -0.4 is 5.73 Å². The first-order valence-corrected chi connectivity index (χ1v) is 21.5. The van der Waals surface area contributed by atoms with Gasteiger partial charge in [-0.3, -0.25) is 18.6 Å². The third kappa shape index (κ3) is 39.9. The Morgan fingerprint density at radius 1 is 0.545 bits per heavy atom. The van der Waals surface area contributed by atoms with E-state index in [1.165, 1.54) is 0 Å². The first kappa shape index (κ1) is 51.4. The topological polar surface area (TPSA) is 134 Å². The predicted octanol–water partition coefficient (Wildman–Crippen LogP) is 11.4. The SMILES string of the molecule is CCC=CCC=CCC=CCC=CCC=CCC=CCCC(=O)OC(COC(=O)CCCCC=CCC=CCC=CCC=CCC)COP(=O)(O)OCCN. The van der Waals surface area contributed by atoms with Gasteiger partial charge in [-0.2, -0.15) is 0 Å². The minimum Gasteiger partial charge on any atom is -0.462 e. The van der Waals surface area contributed by atoms with Crippen molar-refractivity contribution in [3.05, 3.63) is 122 Å². The molecule has 0 aromatic heterocycles. The molecule has 0 aliphatic rings. The predicted molar refractivity (Wildman–Crippen MR) is 228 cm³/mol. The van der Waals surface area contributed by atoms with Crippen molar-refractivity contribution in [3.8, 4) is 0 Å². The van der Waals surface area contributed by atoms with Crippen LogP contribution in [0.2, 0.25) is 0 Å². The van der Waals surface area contributed by atoms with Gasteiger partial charge >= 0.3 is 19.8 Å². The number of nitrogens with two attached hydrogens (primary N) is 1. The van der Waals surface area contributed by atoms with Crippen molar-refractivity contribution in [2.24, 2.45) is 5.73 Å². The first-order chi connectivity index (χ1) is 26.8. The van der Waals surface area contributed by atoms with E-state index in [0.29, 0.717) is 12.8 Å². The minimum absolute atomic E-state index is 0.0286. The molecule has 9 nitrogen and oxygen atoms in total. The number of hydrogen-bond donors (Lipinski definition) is 2. The molecule has 0 aliphatic carbocycles. The zero-order valence-electron chi connectivity index (χ0n) is 33.6. The summed E-state index contributed by atoms with van der Waals surface area (Å²) in [6, 6.07) is 0. The van der Waals surface area contributed by atoms with Crippen LogP contribution in [0.3, 0.4) is 0 Å². The molecule has 0 spiro atoms. The van der Waals surface area contributed by atoms with Crippen LogP contribution in [0.4, 0.5) is 0 Å². The second-order valence-corrected chi connectivity index (χ2v) is 13.8. The summed E-state index contributed by atoms with van der Waals surface area (Å²) < 4.78 is 32.6. The van der Waals surface area contributed by atoms with Gasteiger partial charge in [-0.05, 0) is 89.9 Å². The molecule has 0 amide bonds. The lowest BCUT2D eigenvalue weighted by Gasteiger charge is -2.19.